The summed E-state index contributed by atoms with van der Waals surface area (Å²) in [6, 6.07) is 8.09. The van der Waals surface area contributed by atoms with E-state index < -0.39 is 6.04 Å². The Balaban J connectivity index is 2.80. The van der Waals surface area contributed by atoms with Gasteiger partial charge in [-0.1, -0.05) is 58.4 Å². The minimum absolute atomic E-state index is 0.0244. The van der Waals surface area contributed by atoms with Gasteiger partial charge in [-0.2, -0.15) is 0 Å². The van der Waals surface area contributed by atoms with Gasteiger partial charge in [0.15, 0.2) is 0 Å². The second-order valence-corrected chi connectivity index (χ2v) is 5.72. The molecule has 0 aromatic heterocycles. The maximum atomic E-state index is 12.1. The van der Waals surface area contributed by atoms with Gasteiger partial charge in [-0.05, 0) is 29.9 Å². The van der Waals surface area contributed by atoms with Gasteiger partial charge in [0, 0.05) is 0 Å². The lowest BCUT2D eigenvalue weighted by molar-refractivity contribution is -0.123. The first-order valence-electron chi connectivity index (χ1n) is 7.64. The van der Waals surface area contributed by atoms with E-state index in [1.165, 1.54) is 5.56 Å². The molecule has 1 rings (SSSR count). The van der Waals surface area contributed by atoms with Gasteiger partial charge >= 0.3 is 0 Å². The molecule has 1 aromatic rings. The van der Waals surface area contributed by atoms with Gasteiger partial charge in [0.2, 0.25) is 5.91 Å². The van der Waals surface area contributed by atoms with Crippen LogP contribution in [-0.4, -0.2) is 11.9 Å². The summed E-state index contributed by atoms with van der Waals surface area (Å²) in [5.74, 6) is 0.283. The molecule has 0 heterocycles. The van der Waals surface area contributed by atoms with Crippen molar-refractivity contribution in [2.75, 3.05) is 0 Å². The first-order chi connectivity index (χ1) is 9.49. The van der Waals surface area contributed by atoms with Gasteiger partial charge in [0.1, 0.15) is 0 Å². The Kier molecular flexibility index (Phi) is 6.73. The Morgan fingerprint density at radius 3 is 2.25 bits per heavy atom. The van der Waals surface area contributed by atoms with E-state index in [-0.39, 0.29) is 11.9 Å². The van der Waals surface area contributed by atoms with Crippen LogP contribution in [0.15, 0.2) is 24.3 Å². The van der Waals surface area contributed by atoms with Gasteiger partial charge in [-0.3, -0.25) is 4.79 Å². The average molecular weight is 276 g/mol. The lowest BCUT2D eigenvalue weighted by Gasteiger charge is -2.25. The van der Waals surface area contributed by atoms with Crippen LogP contribution in [0.3, 0.4) is 0 Å². The van der Waals surface area contributed by atoms with Crippen molar-refractivity contribution in [3.05, 3.63) is 35.4 Å². The van der Waals surface area contributed by atoms with Crippen LogP contribution in [0.2, 0.25) is 0 Å². The van der Waals surface area contributed by atoms with Gasteiger partial charge in [0.05, 0.1) is 12.1 Å². The van der Waals surface area contributed by atoms with Crippen LogP contribution in [0.25, 0.3) is 0 Å². The molecular weight excluding hydrogens is 248 g/mol. The molecule has 0 spiro atoms. The molecule has 112 valence electrons. The Labute approximate surface area is 122 Å². The molecule has 2 atom stereocenters. The van der Waals surface area contributed by atoms with E-state index in [9.17, 15) is 4.79 Å². The smallest absolute Gasteiger partial charge is 0.237 e. The molecule has 0 radical (unpaired) electrons. The van der Waals surface area contributed by atoms with E-state index in [4.69, 9.17) is 5.73 Å². The predicted molar refractivity (Wildman–Crippen MR) is 84.4 cm³/mol. The highest BCUT2D eigenvalue weighted by Crippen LogP contribution is 2.22. The molecule has 0 bridgehead atoms. The Morgan fingerprint density at radius 2 is 1.80 bits per heavy atom. The number of amides is 1. The summed E-state index contributed by atoms with van der Waals surface area (Å²) in [7, 11) is 0. The zero-order valence-electron chi connectivity index (χ0n) is 13.1. The fraction of sp³-hybridized carbons (Fsp3) is 0.588. The van der Waals surface area contributed by atoms with Crippen molar-refractivity contribution in [3.8, 4) is 0 Å². The first kappa shape index (κ1) is 16.7. The van der Waals surface area contributed by atoms with Gasteiger partial charge < -0.3 is 11.1 Å². The third-order valence-corrected chi connectivity index (χ3v) is 3.65. The average Bonchev–Trinajstić information content (AvgIpc) is 2.44. The van der Waals surface area contributed by atoms with Crippen molar-refractivity contribution in [1.29, 1.82) is 0 Å². The largest absolute Gasteiger partial charge is 0.348 e. The Morgan fingerprint density at radius 1 is 1.20 bits per heavy atom. The summed E-state index contributed by atoms with van der Waals surface area (Å²) in [5.41, 5.74) is 8.35. The molecule has 0 aliphatic heterocycles. The zero-order chi connectivity index (χ0) is 15.1. The molecule has 1 unspecified atom stereocenters. The number of nitrogens with two attached hydrogens (primary N) is 1. The highest BCUT2D eigenvalue weighted by Gasteiger charge is 2.21. The Hall–Kier alpha value is -1.35. The van der Waals surface area contributed by atoms with Gasteiger partial charge in [-0.25, -0.2) is 0 Å². The normalized spacial score (nSPS) is 14.1. The van der Waals surface area contributed by atoms with Crippen LogP contribution in [0, 0.1) is 5.92 Å². The molecule has 3 N–H and O–H groups in total. The summed E-state index contributed by atoms with van der Waals surface area (Å²) in [5, 5.41) is 3.09. The van der Waals surface area contributed by atoms with E-state index >= 15 is 0 Å². The van der Waals surface area contributed by atoms with Crippen LogP contribution >= 0.6 is 0 Å². The van der Waals surface area contributed by atoms with Crippen molar-refractivity contribution < 1.29 is 4.79 Å². The molecular formula is C17H28N2O. The number of nitrogens with one attached hydrogen (secondary N) is 1. The van der Waals surface area contributed by atoms with Crippen molar-refractivity contribution >= 4 is 5.91 Å². The van der Waals surface area contributed by atoms with Crippen molar-refractivity contribution in [1.82, 2.24) is 5.32 Å². The van der Waals surface area contributed by atoms with Crippen molar-refractivity contribution in [3.63, 3.8) is 0 Å². The van der Waals surface area contributed by atoms with E-state index in [1.807, 2.05) is 6.92 Å². The third kappa shape index (κ3) is 4.64. The highest BCUT2D eigenvalue weighted by molar-refractivity contribution is 5.81. The maximum Gasteiger partial charge on any atom is 0.237 e. The number of carbonyl (C=O) groups is 1. The van der Waals surface area contributed by atoms with E-state index in [0.717, 1.165) is 24.8 Å². The minimum atomic E-state index is -0.406. The molecule has 0 fully saturated rings. The second-order valence-electron chi connectivity index (χ2n) is 5.72. The molecule has 0 aliphatic carbocycles. The number of hydrogen-bond acceptors (Lipinski definition) is 2. The van der Waals surface area contributed by atoms with Crippen LogP contribution in [0.5, 0.6) is 0 Å². The van der Waals surface area contributed by atoms with Crippen LogP contribution < -0.4 is 11.1 Å². The summed E-state index contributed by atoms with van der Waals surface area (Å²) >= 11 is 0. The lowest BCUT2D eigenvalue weighted by atomic mass is 9.94. The summed E-state index contributed by atoms with van der Waals surface area (Å²) in [6.07, 6.45) is 2.68. The van der Waals surface area contributed by atoms with Gasteiger partial charge in [0.25, 0.3) is 0 Å². The molecule has 0 saturated heterocycles. The highest BCUT2D eigenvalue weighted by atomic mass is 16.2. The quantitative estimate of drug-likeness (QED) is 0.803. The number of aryl methyl sites for hydroxylation is 1. The third-order valence-electron chi connectivity index (χ3n) is 3.65. The van der Waals surface area contributed by atoms with E-state index in [1.54, 1.807) is 0 Å². The van der Waals surface area contributed by atoms with E-state index in [0.29, 0.717) is 5.92 Å². The standard InChI is InChI=1S/C17H28N2O/c1-5-7-15(18)17(20)19-16(12(3)4)14-10-8-13(6-2)9-11-14/h8-12,15-16H,5-7,18H2,1-4H3,(H,19,20)/t15-,16?/m1/s1. The predicted octanol–water partition coefficient (Wildman–Crippen LogP) is 3.19. The lowest BCUT2D eigenvalue weighted by Crippen LogP contribution is -2.43. The van der Waals surface area contributed by atoms with Gasteiger partial charge in [-0.15, -0.1) is 0 Å². The fourth-order valence-corrected chi connectivity index (χ4v) is 2.30. The minimum Gasteiger partial charge on any atom is -0.348 e. The molecule has 3 heteroatoms. The summed E-state index contributed by atoms with van der Waals surface area (Å²) in [6.45, 7) is 8.41. The molecule has 20 heavy (non-hydrogen) atoms. The summed E-state index contributed by atoms with van der Waals surface area (Å²) in [4.78, 5) is 12.1. The number of carbonyl (C=O) groups excluding carboxylic acids is 1. The maximum absolute atomic E-state index is 12.1. The van der Waals surface area contributed by atoms with Crippen LogP contribution in [0.4, 0.5) is 0 Å². The monoisotopic (exact) mass is 276 g/mol. The number of hydrogen-bond donors (Lipinski definition) is 2. The molecule has 0 aliphatic rings. The van der Waals surface area contributed by atoms with Crippen LogP contribution in [0.1, 0.15) is 57.7 Å². The SMILES string of the molecule is CCC[C@@H](N)C(=O)NC(c1ccc(CC)cc1)C(C)C. The molecule has 3 nitrogen and oxygen atoms in total. The van der Waals surface area contributed by atoms with Crippen molar-refractivity contribution in [2.24, 2.45) is 11.7 Å². The first-order valence-corrected chi connectivity index (χ1v) is 7.64. The fourth-order valence-electron chi connectivity index (χ4n) is 2.30. The zero-order valence-corrected chi connectivity index (χ0v) is 13.1. The number of benzene rings is 1. The second kappa shape index (κ2) is 8.05. The topological polar surface area (TPSA) is 55.1 Å². The summed E-state index contributed by atoms with van der Waals surface area (Å²) < 4.78 is 0. The molecule has 1 amide bonds. The van der Waals surface area contributed by atoms with Crippen LogP contribution in [-0.2, 0) is 11.2 Å². The molecule has 1 aromatic carbocycles. The molecule has 0 saturated carbocycles. The number of rotatable bonds is 7. The Bertz CT molecular complexity index is 412. The van der Waals surface area contributed by atoms with Crippen molar-refractivity contribution in [2.45, 2.75) is 59.0 Å². The van der Waals surface area contributed by atoms with E-state index in [2.05, 4.69) is 50.4 Å².